The van der Waals surface area contributed by atoms with Crippen LogP contribution in [0.4, 0.5) is 0 Å². The van der Waals surface area contributed by atoms with Gasteiger partial charge in [0.25, 0.3) is 0 Å². The smallest absolute Gasteiger partial charge is 0.212 e. The molecular weight excluding hydrogens is 220 g/mol. The normalized spacial score (nSPS) is 11.6. The van der Waals surface area contributed by atoms with E-state index in [-0.39, 0.29) is 5.41 Å². The second-order valence-corrected chi connectivity index (χ2v) is 5.66. The minimum Gasteiger partial charge on any atom is -0.212 e. The molecule has 0 aliphatic carbocycles. The summed E-state index contributed by atoms with van der Waals surface area (Å²) < 4.78 is 6.07. The lowest BCUT2D eigenvalue weighted by atomic mass is 9.91. The molecule has 1 aromatic carbocycles. The van der Waals surface area contributed by atoms with E-state index in [4.69, 9.17) is 4.42 Å². The Morgan fingerprint density at radius 2 is 1.67 bits per heavy atom. The first-order valence-electron chi connectivity index (χ1n) is 6.53. The summed E-state index contributed by atoms with van der Waals surface area (Å²) >= 11 is 0. The topological polar surface area (TPSA) is 11.3 Å². The van der Waals surface area contributed by atoms with E-state index in [9.17, 15) is 0 Å². The van der Waals surface area contributed by atoms with E-state index in [1.54, 1.807) is 0 Å². The van der Waals surface area contributed by atoms with Gasteiger partial charge < -0.3 is 0 Å². The van der Waals surface area contributed by atoms with Crippen LogP contribution < -0.4 is 0 Å². The largest absolute Gasteiger partial charge is 0.360 e. The molecule has 2 rings (SSSR count). The Labute approximate surface area is 109 Å². The average Bonchev–Trinajstić information content (AvgIpc) is 2.38. The Morgan fingerprint density at radius 1 is 1.00 bits per heavy atom. The first-order valence-corrected chi connectivity index (χ1v) is 6.53. The second kappa shape index (κ2) is 4.93. The molecule has 1 aromatic heterocycles. The van der Waals surface area contributed by atoms with Crippen LogP contribution in [0.5, 0.6) is 0 Å². The van der Waals surface area contributed by atoms with Crippen molar-refractivity contribution in [1.82, 2.24) is 0 Å². The van der Waals surface area contributed by atoms with Crippen molar-refractivity contribution < 1.29 is 4.42 Å². The highest BCUT2D eigenvalue weighted by atomic mass is 16.3. The molecule has 1 heterocycles. The molecule has 0 saturated carbocycles. The summed E-state index contributed by atoms with van der Waals surface area (Å²) in [4.78, 5) is 0. The van der Waals surface area contributed by atoms with Gasteiger partial charge in [0.05, 0.1) is 11.0 Å². The number of hydrogen-bond acceptors (Lipinski definition) is 0. The monoisotopic (exact) mass is 241 g/mol. The van der Waals surface area contributed by atoms with Gasteiger partial charge in [0.2, 0.25) is 0 Å². The molecule has 0 spiro atoms. The van der Waals surface area contributed by atoms with Gasteiger partial charge in [0.1, 0.15) is 0 Å². The fourth-order valence-corrected chi connectivity index (χ4v) is 1.87. The van der Waals surface area contributed by atoms with Crippen molar-refractivity contribution in [3.8, 4) is 11.3 Å². The summed E-state index contributed by atoms with van der Waals surface area (Å²) in [5.74, 6) is 2.00. The van der Waals surface area contributed by atoms with Crippen LogP contribution in [0.3, 0.4) is 0 Å². The highest BCUT2D eigenvalue weighted by Gasteiger charge is 2.28. The first-order chi connectivity index (χ1) is 8.50. The summed E-state index contributed by atoms with van der Waals surface area (Å²) in [5.41, 5.74) is 2.50. The van der Waals surface area contributed by atoms with Crippen molar-refractivity contribution in [3.05, 3.63) is 53.8 Å². The van der Waals surface area contributed by atoms with Crippen molar-refractivity contribution in [1.29, 1.82) is 0 Å². The molecule has 0 radical (unpaired) electrons. The van der Waals surface area contributed by atoms with Gasteiger partial charge in [-0.1, -0.05) is 25.1 Å². The lowest BCUT2D eigenvalue weighted by molar-refractivity contribution is 0.404. The van der Waals surface area contributed by atoms with Crippen molar-refractivity contribution in [2.75, 3.05) is 0 Å². The lowest BCUT2D eigenvalue weighted by Gasteiger charge is -2.10. The van der Waals surface area contributed by atoms with Crippen LogP contribution in [-0.2, 0) is 11.8 Å². The van der Waals surface area contributed by atoms with Gasteiger partial charge in [-0.2, -0.15) is 0 Å². The maximum absolute atomic E-state index is 6.07. The van der Waals surface area contributed by atoms with E-state index in [1.165, 1.54) is 5.56 Å². The molecule has 94 valence electrons. The molecular formula is C17H21O+. The van der Waals surface area contributed by atoms with Crippen LogP contribution in [0.25, 0.3) is 11.3 Å². The van der Waals surface area contributed by atoms with Crippen molar-refractivity contribution in [3.63, 3.8) is 0 Å². The van der Waals surface area contributed by atoms with Crippen molar-refractivity contribution in [2.24, 2.45) is 0 Å². The van der Waals surface area contributed by atoms with Gasteiger partial charge in [-0.3, -0.25) is 0 Å². The Bertz CT molecular complexity index is 521. The average molecular weight is 241 g/mol. The van der Waals surface area contributed by atoms with Crippen LogP contribution >= 0.6 is 0 Å². The van der Waals surface area contributed by atoms with Crippen LogP contribution in [0.1, 0.15) is 39.0 Å². The van der Waals surface area contributed by atoms with Gasteiger partial charge in [-0.25, -0.2) is 4.42 Å². The minimum absolute atomic E-state index is 0.0364. The zero-order valence-electron chi connectivity index (χ0n) is 11.7. The van der Waals surface area contributed by atoms with Crippen molar-refractivity contribution >= 4 is 0 Å². The van der Waals surface area contributed by atoms with Crippen LogP contribution in [0.15, 0.2) is 46.9 Å². The van der Waals surface area contributed by atoms with E-state index in [0.717, 1.165) is 23.5 Å². The second-order valence-electron chi connectivity index (χ2n) is 5.66. The lowest BCUT2D eigenvalue weighted by Crippen LogP contribution is -2.11. The SMILES string of the molecule is CCc1cc(-c2ccccc2)[o+]c(C(C)(C)C)c1. The fourth-order valence-electron chi connectivity index (χ4n) is 1.87. The molecule has 0 unspecified atom stereocenters. The Balaban J connectivity index is 2.55. The predicted octanol–water partition coefficient (Wildman–Crippen LogP) is 5.09. The van der Waals surface area contributed by atoms with E-state index in [1.807, 2.05) is 18.2 Å². The van der Waals surface area contributed by atoms with Gasteiger partial charge >= 0.3 is 11.5 Å². The van der Waals surface area contributed by atoms with E-state index < -0.39 is 0 Å². The quantitative estimate of drug-likeness (QED) is 0.667. The van der Waals surface area contributed by atoms with Crippen LogP contribution in [-0.4, -0.2) is 0 Å². The molecule has 1 nitrogen and oxygen atoms in total. The van der Waals surface area contributed by atoms with Gasteiger partial charge in [-0.15, -0.1) is 0 Å². The number of aryl methyl sites for hydroxylation is 1. The molecule has 0 aliphatic heterocycles. The Morgan fingerprint density at radius 3 is 2.22 bits per heavy atom. The zero-order chi connectivity index (χ0) is 13.2. The number of hydrogen-bond donors (Lipinski definition) is 0. The molecule has 2 aromatic rings. The summed E-state index contributed by atoms with van der Waals surface area (Å²) in [7, 11) is 0. The van der Waals surface area contributed by atoms with E-state index in [2.05, 4.69) is 52.0 Å². The number of rotatable bonds is 2. The summed E-state index contributed by atoms with van der Waals surface area (Å²) in [6.45, 7) is 8.72. The Hall–Kier alpha value is -1.63. The van der Waals surface area contributed by atoms with Gasteiger partial charge in [-0.05, 0) is 44.9 Å². The maximum Gasteiger partial charge on any atom is 0.360 e. The van der Waals surface area contributed by atoms with Crippen LogP contribution in [0, 0.1) is 0 Å². The highest BCUT2D eigenvalue weighted by Crippen LogP contribution is 2.29. The van der Waals surface area contributed by atoms with E-state index in [0.29, 0.717) is 0 Å². The Kier molecular flexibility index (Phi) is 3.51. The third-order valence-corrected chi connectivity index (χ3v) is 3.06. The standard InChI is InChI=1S/C17H21O/c1-5-13-11-15(14-9-7-6-8-10-14)18-16(12-13)17(2,3)4/h6-12H,5H2,1-4H3/q+1. The molecule has 1 heteroatoms. The molecule has 0 bridgehead atoms. The van der Waals surface area contributed by atoms with E-state index >= 15 is 0 Å². The molecule has 0 N–H and O–H groups in total. The molecule has 0 fully saturated rings. The van der Waals surface area contributed by atoms with Crippen molar-refractivity contribution in [2.45, 2.75) is 39.5 Å². The molecule has 0 aliphatic rings. The molecule has 0 amide bonds. The summed E-state index contributed by atoms with van der Waals surface area (Å²) in [6.07, 6.45) is 1.03. The van der Waals surface area contributed by atoms with Gasteiger partial charge in [0.15, 0.2) is 0 Å². The summed E-state index contributed by atoms with van der Waals surface area (Å²) in [6, 6.07) is 14.6. The van der Waals surface area contributed by atoms with Gasteiger partial charge in [0, 0.05) is 12.1 Å². The zero-order valence-corrected chi connectivity index (χ0v) is 11.7. The maximum atomic E-state index is 6.07. The fraction of sp³-hybridized carbons (Fsp3) is 0.353. The predicted molar refractivity (Wildman–Crippen MR) is 76.6 cm³/mol. The molecule has 0 saturated heterocycles. The molecule has 18 heavy (non-hydrogen) atoms. The minimum atomic E-state index is 0.0364. The summed E-state index contributed by atoms with van der Waals surface area (Å²) in [5, 5.41) is 0. The third-order valence-electron chi connectivity index (χ3n) is 3.06. The molecule has 0 atom stereocenters. The highest BCUT2D eigenvalue weighted by molar-refractivity contribution is 5.57. The first kappa shape index (κ1) is 12.8. The van der Waals surface area contributed by atoms with Crippen LogP contribution in [0.2, 0.25) is 0 Å². The number of benzene rings is 1. The third kappa shape index (κ3) is 2.79.